The molecule has 1 aliphatic carbocycles. The predicted octanol–water partition coefficient (Wildman–Crippen LogP) is 3.11. The molecular formula is C20H32IN3O4. The zero-order valence-corrected chi connectivity index (χ0v) is 19.4. The van der Waals surface area contributed by atoms with Crippen LogP contribution in [-0.4, -0.2) is 45.8 Å². The van der Waals surface area contributed by atoms with E-state index < -0.39 is 0 Å². The Morgan fingerprint density at radius 1 is 1.25 bits per heavy atom. The van der Waals surface area contributed by atoms with Gasteiger partial charge in [-0.25, -0.2) is 0 Å². The highest BCUT2D eigenvalue weighted by Gasteiger charge is 2.20. The third kappa shape index (κ3) is 7.03. The van der Waals surface area contributed by atoms with Crippen LogP contribution in [0.25, 0.3) is 0 Å². The van der Waals surface area contributed by atoms with E-state index in [1.54, 1.807) is 14.2 Å². The maximum Gasteiger partial charge on any atom is 0.310 e. The lowest BCUT2D eigenvalue weighted by Crippen LogP contribution is -2.40. The van der Waals surface area contributed by atoms with E-state index in [4.69, 9.17) is 14.2 Å². The van der Waals surface area contributed by atoms with Crippen molar-refractivity contribution in [3.63, 3.8) is 0 Å². The van der Waals surface area contributed by atoms with E-state index in [1.807, 2.05) is 25.1 Å². The molecule has 2 N–H and O–H groups in total. The van der Waals surface area contributed by atoms with Crippen LogP contribution in [0.3, 0.4) is 0 Å². The Hall–Kier alpha value is -1.71. The topological polar surface area (TPSA) is 81.2 Å². The Bertz CT molecular complexity index is 648. The molecule has 0 saturated heterocycles. The summed E-state index contributed by atoms with van der Waals surface area (Å²) in [7, 11) is 4.74. The largest absolute Gasteiger partial charge is 0.493 e. The first-order valence-corrected chi connectivity index (χ1v) is 9.43. The minimum absolute atomic E-state index is 0. The Balaban J connectivity index is 0.00000392. The second kappa shape index (κ2) is 12.7. The number of guanidine groups is 1. The number of rotatable bonds is 8. The van der Waals surface area contributed by atoms with E-state index in [1.165, 1.54) is 20.0 Å². The fraction of sp³-hybridized carbons (Fsp3) is 0.600. The normalized spacial score (nSPS) is 15.4. The number of nitrogens with one attached hydrogen (secondary N) is 2. The number of carbonyl (C=O) groups excluding carboxylic acids is 1. The fourth-order valence-corrected chi connectivity index (χ4v) is 3.10. The number of esters is 1. The lowest BCUT2D eigenvalue weighted by molar-refractivity contribution is -0.144. The highest BCUT2D eigenvalue weighted by atomic mass is 127. The SMILES string of the molecule is CN=C(NCc1cccc(OC)c1OC1CCCC1)NCC(C)C(=O)OC.I. The number of hydrogen-bond acceptors (Lipinski definition) is 5. The van der Waals surface area contributed by atoms with Gasteiger partial charge in [0.05, 0.1) is 26.2 Å². The molecule has 28 heavy (non-hydrogen) atoms. The number of hydrogen-bond donors (Lipinski definition) is 2. The van der Waals surface area contributed by atoms with Gasteiger partial charge in [0.1, 0.15) is 0 Å². The lowest BCUT2D eigenvalue weighted by atomic mass is 10.1. The van der Waals surface area contributed by atoms with Crippen LogP contribution in [0.4, 0.5) is 0 Å². The molecule has 1 atom stereocenters. The van der Waals surface area contributed by atoms with Crippen LogP contribution >= 0.6 is 24.0 Å². The summed E-state index contributed by atoms with van der Waals surface area (Å²) in [5, 5.41) is 6.41. The molecule has 1 aromatic carbocycles. The first kappa shape index (κ1) is 24.3. The van der Waals surface area contributed by atoms with Gasteiger partial charge >= 0.3 is 5.97 Å². The number of carbonyl (C=O) groups is 1. The van der Waals surface area contributed by atoms with Crippen molar-refractivity contribution < 1.29 is 19.0 Å². The van der Waals surface area contributed by atoms with Crippen LogP contribution in [0, 0.1) is 5.92 Å². The van der Waals surface area contributed by atoms with Gasteiger partial charge in [-0.2, -0.15) is 0 Å². The number of halogens is 1. The van der Waals surface area contributed by atoms with Crippen LogP contribution < -0.4 is 20.1 Å². The fourth-order valence-electron chi connectivity index (χ4n) is 3.10. The number of para-hydroxylation sites is 1. The molecule has 158 valence electrons. The van der Waals surface area contributed by atoms with E-state index in [0.717, 1.165) is 29.9 Å². The minimum atomic E-state index is -0.258. The summed E-state index contributed by atoms with van der Waals surface area (Å²) in [5.74, 6) is 1.63. The number of ether oxygens (including phenoxy) is 3. The first-order chi connectivity index (χ1) is 13.1. The summed E-state index contributed by atoms with van der Waals surface area (Å²) in [4.78, 5) is 15.7. The van der Waals surface area contributed by atoms with Crippen molar-refractivity contribution in [1.29, 1.82) is 0 Å². The van der Waals surface area contributed by atoms with E-state index >= 15 is 0 Å². The summed E-state index contributed by atoms with van der Waals surface area (Å²) in [6.07, 6.45) is 4.84. The molecule has 8 heteroatoms. The molecule has 1 unspecified atom stereocenters. The summed E-state index contributed by atoms with van der Waals surface area (Å²) in [6.45, 7) is 2.78. The highest BCUT2D eigenvalue weighted by Crippen LogP contribution is 2.34. The van der Waals surface area contributed by atoms with Crippen molar-refractivity contribution in [3.8, 4) is 11.5 Å². The quantitative estimate of drug-likeness (QED) is 0.245. The maximum absolute atomic E-state index is 11.5. The molecule has 0 radical (unpaired) electrons. The number of nitrogens with zero attached hydrogens (tertiary/aromatic N) is 1. The molecule has 0 bridgehead atoms. The van der Waals surface area contributed by atoms with Gasteiger partial charge in [0, 0.05) is 25.7 Å². The van der Waals surface area contributed by atoms with Gasteiger partial charge in [-0.15, -0.1) is 24.0 Å². The van der Waals surface area contributed by atoms with Crippen LogP contribution in [-0.2, 0) is 16.1 Å². The van der Waals surface area contributed by atoms with Crippen LogP contribution in [0.1, 0.15) is 38.2 Å². The molecule has 0 spiro atoms. The molecule has 1 fully saturated rings. The second-order valence-corrected chi connectivity index (χ2v) is 6.70. The van der Waals surface area contributed by atoms with Gasteiger partial charge < -0.3 is 24.8 Å². The molecule has 1 saturated carbocycles. The minimum Gasteiger partial charge on any atom is -0.493 e. The first-order valence-electron chi connectivity index (χ1n) is 9.43. The van der Waals surface area contributed by atoms with E-state index in [9.17, 15) is 4.79 Å². The Morgan fingerprint density at radius 3 is 2.57 bits per heavy atom. The smallest absolute Gasteiger partial charge is 0.310 e. The van der Waals surface area contributed by atoms with Gasteiger partial charge in [0.15, 0.2) is 17.5 Å². The number of aliphatic imine (C=N–C) groups is 1. The molecule has 1 aliphatic rings. The molecular weight excluding hydrogens is 473 g/mol. The van der Waals surface area contributed by atoms with Crippen LogP contribution in [0.2, 0.25) is 0 Å². The standard InChI is InChI=1S/C20H31N3O4.HI/c1-14(19(24)26-4)12-22-20(21-2)23-13-15-8-7-11-17(25-3)18(15)27-16-9-5-6-10-16;/h7-8,11,14,16H,5-6,9-10,12-13H2,1-4H3,(H2,21,22,23);1H. The van der Waals surface area contributed by atoms with Crippen LogP contribution in [0.15, 0.2) is 23.2 Å². The van der Waals surface area contributed by atoms with Crippen LogP contribution in [0.5, 0.6) is 11.5 Å². The van der Waals surface area contributed by atoms with Gasteiger partial charge in [0.2, 0.25) is 0 Å². The molecule has 0 heterocycles. The molecule has 7 nitrogen and oxygen atoms in total. The summed E-state index contributed by atoms with van der Waals surface area (Å²) >= 11 is 0. The average Bonchev–Trinajstić information content (AvgIpc) is 3.21. The number of benzene rings is 1. The third-order valence-electron chi connectivity index (χ3n) is 4.72. The predicted molar refractivity (Wildman–Crippen MR) is 121 cm³/mol. The summed E-state index contributed by atoms with van der Waals surface area (Å²) in [6, 6.07) is 5.88. The molecule has 0 aromatic heterocycles. The van der Waals surface area contributed by atoms with Gasteiger partial charge in [-0.1, -0.05) is 19.1 Å². The van der Waals surface area contributed by atoms with Crippen molar-refractivity contribution >= 4 is 35.9 Å². The van der Waals surface area contributed by atoms with Gasteiger partial charge in [0.25, 0.3) is 0 Å². The van der Waals surface area contributed by atoms with Crippen molar-refractivity contribution in [2.24, 2.45) is 10.9 Å². The summed E-state index contributed by atoms with van der Waals surface area (Å²) in [5.41, 5.74) is 1.00. The van der Waals surface area contributed by atoms with E-state index in [-0.39, 0.29) is 42.0 Å². The lowest BCUT2D eigenvalue weighted by Gasteiger charge is -2.20. The summed E-state index contributed by atoms with van der Waals surface area (Å²) < 4.78 is 16.5. The Kier molecular flexibility index (Phi) is 11.0. The molecule has 0 aliphatic heterocycles. The van der Waals surface area contributed by atoms with Gasteiger partial charge in [-0.05, 0) is 31.7 Å². The van der Waals surface area contributed by atoms with Crippen molar-refractivity contribution in [3.05, 3.63) is 23.8 Å². The Morgan fingerprint density at radius 2 is 1.96 bits per heavy atom. The zero-order chi connectivity index (χ0) is 19.6. The average molecular weight is 505 g/mol. The van der Waals surface area contributed by atoms with Crippen molar-refractivity contribution in [1.82, 2.24) is 10.6 Å². The highest BCUT2D eigenvalue weighted by molar-refractivity contribution is 14.0. The molecule has 1 aromatic rings. The Labute approximate surface area is 184 Å². The molecule has 2 rings (SSSR count). The van der Waals surface area contributed by atoms with E-state index in [2.05, 4.69) is 15.6 Å². The van der Waals surface area contributed by atoms with E-state index in [0.29, 0.717) is 19.0 Å². The van der Waals surface area contributed by atoms with Crippen molar-refractivity contribution in [2.45, 2.75) is 45.3 Å². The molecule has 0 amide bonds. The van der Waals surface area contributed by atoms with Crippen molar-refractivity contribution in [2.75, 3.05) is 27.8 Å². The third-order valence-corrected chi connectivity index (χ3v) is 4.72. The van der Waals surface area contributed by atoms with Gasteiger partial charge in [-0.3, -0.25) is 9.79 Å². The maximum atomic E-state index is 11.5. The zero-order valence-electron chi connectivity index (χ0n) is 17.1. The monoisotopic (exact) mass is 505 g/mol. The second-order valence-electron chi connectivity index (χ2n) is 6.70. The number of methoxy groups -OCH3 is 2.